The van der Waals surface area contributed by atoms with Crippen molar-refractivity contribution in [3.63, 3.8) is 0 Å². The smallest absolute Gasteiger partial charge is 0.310 e. The molecule has 0 aliphatic carbocycles. The highest BCUT2D eigenvalue weighted by Crippen LogP contribution is 2.25. The van der Waals surface area contributed by atoms with Crippen molar-refractivity contribution in [2.45, 2.75) is 33.5 Å². The van der Waals surface area contributed by atoms with E-state index in [4.69, 9.17) is 18.4 Å². The van der Waals surface area contributed by atoms with Gasteiger partial charge in [0.15, 0.2) is 13.2 Å². The topological polar surface area (TPSA) is 87.6 Å². The van der Waals surface area contributed by atoms with Gasteiger partial charge in [-0.05, 0) is 61.4 Å². The Morgan fingerprint density at radius 3 is 2.67 bits per heavy atom. The first-order valence-corrected chi connectivity index (χ1v) is 9.31. The van der Waals surface area contributed by atoms with Crippen molar-refractivity contribution in [2.75, 3.05) is 0 Å². The highest BCUT2D eigenvalue weighted by atomic mass is 19.1. The Bertz CT molecular complexity index is 1180. The van der Waals surface area contributed by atoms with Crippen LogP contribution in [0.1, 0.15) is 28.4 Å². The maximum atomic E-state index is 12.9. The van der Waals surface area contributed by atoms with Gasteiger partial charge in [0.1, 0.15) is 17.1 Å². The molecule has 2 aromatic carbocycles. The first kappa shape index (κ1) is 19.6. The molecule has 4 aromatic rings. The molecule has 0 spiro atoms. The van der Waals surface area contributed by atoms with E-state index in [1.807, 2.05) is 26.0 Å². The summed E-state index contributed by atoms with van der Waals surface area (Å²) < 4.78 is 34.2. The molecule has 0 aliphatic heterocycles. The van der Waals surface area contributed by atoms with Gasteiger partial charge in [0.05, 0.1) is 12.7 Å². The number of ether oxygens (including phenoxy) is 2. The van der Waals surface area contributed by atoms with Crippen LogP contribution < -0.4 is 4.74 Å². The molecular formula is C22H19FN2O5. The average molecular weight is 410 g/mol. The lowest BCUT2D eigenvalue weighted by Crippen LogP contribution is -2.08. The minimum atomic E-state index is -0.432. The van der Waals surface area contributed by atoms with Crippen LogP contribution in [0.3, 0.4) is 0 Å². The largest absolute Gasteiger partial charge is 0.485 e. The molecule has 0 N–H and O–H groups in total. The third-order valence-corrected chi connectivity index (χ3v) is 4.65. The summed E-state index contributed by atoms with van der Waals surface area (Å²) in [6, 6.07) is 9.54. The second kappa shape index (κ2) is 8.36. The van der Waals surface area contributed by atoms with E-state index in [-0.39, 0.29) is 37.2 Å². The van der Waals surface area contributed by atoms with E-state index in [9.17, 15) is 9.18 Å². The molecule has 0 aliphatic rings. The maximum absolute atomic E-state index is 12.9. The van der Waals surface area contributed by atoms with Crippen LogP contribution >= 0.6 is 0 Å². The molecule has 0 unspecified atom stereocenters. The number of hydrogen-bond donors (Lipinski definition) is 0. The predicted molar refractivity (Wildman–Crippen MR) is 104 cm³/mol. The summed E-state index contributed by atoms with van der Waals surface area (Å²) in [7, 11) is 0. The Balaban J connectivity index is 1.30. The van der Waals surface area contributed by atoms with Crippen molar-refractivity contribution in [1.29, 1.82) is 0 Å². The first-order chi connectivity index (χ1) is 14.5. The normalized spacial score (nSPS) is 11.0. The summed E-state index contributed by atoms with van der Waals surface area (Å²) in [6.45, 7) is 3.92. The fourth-order valence-electron chi connectivity index (χ4n) is 2.91. The predicted octanol–water partition coefficient (Wildman–Crippen LogP) is 4.44. The van der Waals surface area contributed by atoms with Gasteiger partial charge in [-0.1, -0.05) is 5.16 Å². The molecule has 0 amide bonds. The molecule has 7 nitrogen and oxygen atoms in total. The van der Waals surface area contributed by atoms with E-state index in [0.717, 1.165) is 27.7 Å². The fourth-order valence-corrected chi connectivity index (χ4v) is 2.91. The van der Waals surface area contributed by atoms with Crippen LogP contribution in [0.25, 0.3) is 11.0 Å². The molecule has 154 valence electrons. The lowest BCUT2D eigenvalue weighted by molar-refractivity contribution is -0.144. The van der Waals surface area contributed by atoms with Crippen LogP contribution in [0.2, 0.25) is 0 Å². The summed E-state index contributed by atoms with van der Waals surface area (Å²) in [4.78, 5) is 16.3. The summed E-state index contributed by atoms with van der Waals surface area (Å²) >= 11 is 0. The van der Waals surface area contributed by atoms with E-state index in [1.165, 1.54) is 24.3 Å². The summed E-state index contributed by atoms with van der Waals surface area (Å²) in [5.74, 6) is 0.145. The third kappa shape index (κ3) is 4.48. The number of esters is 1. The number of carbonyl (C=O) groups excluding carboxylic acids is 1. The van der Waals surface area contributed by atoms with Crippen LogP contribution in [0.15, 0.2) is 51.6 Å². The highest BCUT2D eigenvalue weighted by Gasteiger charge is 2.15. The van der Waals surface area contributed by atoms with Gasteiger partial charge in [-0.25, -0.2) is 4.39 Å². The Labute approximate surface area is 171 Å². The van der Waals surface area contributed by atoms with Crippen molar-refractivity contribution in [3.05, 3.63) is 76.9 Å². The number of fused-ring (bicyclic) bond motifs is 1. The zero-order chi connectivity index (χ0) is 21.1. The molecule has 0 bridgehead atoms. The van der Waals surface area contributed by atoms with Crippen LogP contribution in [-0.4, -0.2) is 16.1 Å². The molecule has 0 fully saturated rings. The first-order valence-electron chi connectivity index (χ1n) is 9.31. The molecule has 30 heavy (non-hydrogen) atoms. The molecule has 2 heterocycles. The van der Waals surface area contributed by atoms with E-state index >= 15 is 0 Å². The monoisotopic (exact) mass is 410 g/mol. The molecule has 2 aromatic heterocycles. The number of aryl methyl sites for hydroxylation is 2. The van der Waals surface area contributed by atoms with E-state index in [1.54, 1.807) is 6.26 Å². The fraction of sp³-hybridized carbons (Fsp3) is 0.227. The lowest BCUT2D eigenvalue weighted by atomic mass is 10.0. The lowest BCUT2D eigenvalue weighted by Gasteiger charge is -2.03. The number of carbonyl (C=O) groups is 1. The Kier molecular flexibility index (Phi) is 5.47. The molecular weight excluding hydrogens is 391 g/mol. The third-order valence-electron chi connectivity index (χ3n) is 4.65. The molecule has 8 heteroatoms. The summed E-state index contributed by atoms with van der Waals surface area (Å²) in [5.41, 5.74) is 3.75. The van der Waals surface area contributed by atoms with Gasteiger partial charge in [-0.3, -0.25) is 4.79 Å². The minimum Gasteiger partial charge on any atom is -0.485 e. The Morgan fingerprint density at radius 2 is 1.87 bits per heavy atom. The molecule has 0 atom stereocenters. The van der Waals surface area contributed by atoms with Crippen LogP contribution in [0, 0.1) is 19.7 Å². The Hall–Kier alpha value is -3.68. The van der Waals surface area contributed by atoms with Crippen LogP contribution in [0.4, 0.5) is 4.39 Å². The second-order valence-electron chi connectivity index (χ2n) is 6.88. The van der Waals surface area contributed by atoms with Gasteiger partial charge >= 0.3 is 5.97 Å². The number of benzene rings is 2. The van der Waals surface area contributed by atoms with Gasteiger partial charge < -0.3 is 18.4 Å². The summed E-state index contributed by atoms with van der Waals surface area (Å²) in [6.07, 6.45) is 1.65. The van der Waals surface area contributed by atoms with Crippen molar-refractivity contribution >= 4 is 16.9 Å². The zero-order valence-corrected chi connectivity index (χ0v) is 16.5. The van der Waals surface area contributed by atoms with Crippen molar-refractivity contribution in [2.24, 2.45) is 0 Å². The van der Waals surface area contributed by atoms with Gasteiger partial charge in [0.2, 0.25) is 5.82 Å². The van der Waals surface area contributed by atoms with Crippen LogP contribution in [0.5, 0.6) is 5.75 Å². The van der Waals surface area contributed by atoms with Gasteiger partial charge in [-0.2, -0.15) is 4.98 Å². The number of aromatic nitrogens is 2. The quantitative estimate of drug-likeness (QED) is 0.416. The molecule has 0 radical (unpaired) electrons. The van der Waals surface area contributed by atoms with Crippen molar-refractivity contribution in [1.82, 2.24) is 10.1 Å². The van der Waals surface area contributed by atoms with Gasteiger partial charge in [0, 0.05) is 10.9 Å². The number of rotatable bonds is 7. The summed E-state index contributed by atoms with van der Waals surface area (Å²) in [5, 5.41) is 4.67. The number of furan rings is 1. The van der Waals surface area contributed by atoms with E-state index < -0.39 is 5.97 Å². The van der Waals surface area contributed by atoms with E-state index in [2.05, 4.69) is 10.1 Å². The molecule has 4 rings (SSSR count). The standard InChI is InChI=1S/C22H19FN2O5/c1-13-7-18-15(10-28-19(18)8-14(13)2)9-22(26)29-12-21-24-20(25-30-21)11-27-17-5-3-16(23)4-6-17/h3-8,10H,9,11-12H2,1-2H3. The SMILES string of the molecule is Cc1cc2occ(CC(=O)OCc3nc(COc4ccc(F)cc4)no3)c2cc1C. The van der Waals surface area contributed by atoms with Gasteiger partial charge in [-0.15, -0.1) is 0 Å². The molecule has 0 saturated carbocycles. The zero-order valence-electron chi connectivity index (χ0n) is 16.5. The second-order valence-corrected chi connectivity index (χ2v) is 6.88. The van der Waals surface area contributed by atoms with Gasteiger partial charge in [0.25, 0.3) is 5.89 Å². The highest BCUT2D eigenvalue weighted by molar-refractivity contribution is 5.86. The van der Waals surface area contributed by atoms with Crippen molar-refractivity contribution < 1.29 is 27.6 Å². The van der Waals surface area contributed by atoms with Crippen LogP contribution in [-0.2, 0) is 29.2 Å². The van der Waals surface area contributed by atoms with Crippen molar-refractivity contribution in [3.8, 4) is 5.75 Å². The van der Waals surface area contributed by atoms with E-state index in [0.29, 0.717) is 5.75 Å². The average Bonchev–Trinajstić information content (AvgIpc) is 3.34. The minimum absolute atomic E-state index is 0.0445. The molecule has 0 saturated heterocycles. The number of nitrogens with zero attached hydrogens (tertiary/aromatic N) is 2. The number of hydrogen-bond acceptors (Lipinski definition) is 7. The maximum Gasteiger partial charge on any atom is 0.310 e. The Morgan fingerprint density at radius 1 is 1.10 bits per heavy atom. The number of halogens is 1.